The molecule has 1 fully saturated rings. The Morgan fingerprint density at radius 2 is 2.03 bits per heavy atom. The molecule has 0 bridgehead atoms. The molecule has 0 radical (unpaired) electrons. The Morgan fingerprint density at radius 3 is 2.80 bits per heavy atom. The number of H-pyrrole nitrogens is 1. The summed E-state index contributed by atoms with van der Waals surface area (Å²) >= 11 is 0. The molecule has 3 aromatic rings. The minimum Gasteiger partial charge on any atom is -0.381 e. The molecule has 7 heteroatoms. The maximum absolute atomic E-state index is 13.7. The van der Waals surface area contributed by atoms with Gasteiger partial charge in [-0.05, 0) is 49.4 Å². The Morgan fingerprint density at radius 1 is 1.17 bits per heavy atom. The SMILES string of the molecule is CO[C@H]1CC[C@H](C(=O)N2Cc3cccnc3Nc3ccc(-c4cn[nH]c4)cc32)CC1. The van der Waals surface area contributed by atoms with Crippen LogP contribution in [0.3, 0.4) is 0 Å². The van der Waals surface area contributed by atoms with Gasteiger partial charge in [0.15, 0.2) is 0 Å². The number of amides is 1. The van der Waals surface area contributed by atoms with Crippen LogP contribution in [0.1, 0.15) is 31.2 Å². The van der Waals surface area contributed by atoms with Crippen LogP contribution in [0.5, 0.6) is 0 Å². The summed E-state index contributed by atoms with van der Waals surface area (Å²) in [5, 5.41) is 10.4. The van der Waals surface area contributed by atoms with Gasteiger partial charge in [0.25, 0.3) is 0 Å². The molecule has 2 aromatic heterocycles. The quantitative estimate of drug-likeness (QED) is 0.682. The number of anilines is 3. The third kappa shape index (κ3) is 3.45. The first-order chi connectivity index (χ1) is 14.7. The smallest absolute Gasteiger partial charge is 0.230 e. The van der Waals surface area contributed by atoms with Crippen LogP contribution in [0.25, 0.3) is 11.1 Å². The van der Waals surface area contributed by atoms with E-state index in [4.69, 9.17) is 4.74 Å². The summed E-state index contributed by atoms with van der Waals surface area (Å²) in [6.07, 6.45) is 9.27. The minimum atomic E-state index is 0.0139. The predicted octanol–water partition coefficient (Wildman–Crippen LogP) is 4.27. The fourth-order valence-corrected chi connectivity index (χ4v) is 4.47. The Labute approximate surface area is 175 Å². The number of pyridine rings is 1. The second kappa shape index (κ2) is 7.91. The number of methoxy groups -OCH3 is 1. The van der Waals surface area contributed by atoms with Crippen LogP contribution in [0, 0.1) is 5.92 Å². The van der Waals surface area contributed by atoms with Crippen LogP contribution in [-0.2, 0) is 16.1 Å². The van der Waals surface area contributed by atoms with Crippen molar-refractivity contribution < 1.29 is 9.53 Å². The third-order valence-corrected chi connectivity index (χ3v) is 6.22. The Balaban J connectivity index is 1.53. The number of nitrogens with zero attached hydrogens (tertiary/aromatic N) is 3. The lowest BCUT2D eigenvalue weighted by Crippen LogP contribution is -2.38. The van der Waals surface area contributed by atoms with Crippen molar-refractivity contribution in [2.45, 2.75) is 38.3 Å². The maximum Gasteiger partial charge on any atom is 0.230 e. The zero-order valence-electron chi connectivity index (χ0n) is 17.0. The van der Waals surface area contributed by atoms with Gasteiger partial charge in [-0.15, -0.1) is 0 Å². The molecule has 1 aliphatic heterocycles. The zero-order chi connectivity index (χ0) is 20.5. The Hall–Kier alpha value is -3.19. The van der Waals surface area contributed by atoms with Gasteiger partial charge in [-0.1, -0.05) is 12.1 Å². The molecule has 0 spiro atoms. The van der Waals surface area contributed by atoms with Crippen molar-refractivity contribution in [3.63, 3.8) is 0 Å². The van der Waals surface area contributed by atoms with Gasteiger partial charge < -0.3 is 15.0 Å². The van der Waals surface area contributed by atoms with Crippen LogP contribution < -0.4 is 10.2 Å². The molecular weight excluding hydrogens is 378 g/mol. The summed E-state index contributed by atoms with van der Waals surface area (Å²) in [6.45, 7) is 0.501. The highest BCUT2D eigenvalue weighted by Crippen LogP contribution is 2.39. The first-order valence-electron chi connectivity index (χ1n) is 10.4. The number of hydrogen-bond donors (Lipinski definition) is 2. The molecule has 154 valence electrons. The van der Waals surface area contributed by atoms with Crippen molar-refractivity contribution in [3.05, 3.63) is 54.5 Å². The van der Waals surface area contributed by atoms with Crippen molar-refractivity contribution in [3.8, 4) is 11.1 Å². The lowest BCUT2D eigenvalue weighted by Gasteiger charge is -2.32. The normalized spacial score (nSPS) is 20.6. The van der Waals surface area contributed by atoms with Gasteiger partial charge in [-0.3, -0.25) is 9.89 Å². The van der Waals surface area contributed by atoms with Gasteiger partial charge in [0.2, 0.25) is 5.91 Å². The molecule has 0 atom stereocenters. The number of fused-ring (bicyclic) bond motifs is 2. The Kier molecular flexibility index (Phi) is 4.96. The molecule has 3 heterocycles. The summed E-state index contributed by atoms with van der Waals surface area (Å²) in [6, 6.07) is 10.1. The summed E-state index contributed by atoms with van der Waals surface area (Å²) < 4.78 is 5.49. The molecule has 1 saturated carbocycles. The van der Waals surface area contributed by atoms with E-state index in [9.17, 15) is 4.79 Å². The largest absolute Gasteiger partial charge is 0.381 e. The zero-order valence-corrected chi connectivity index (χ0v) is 17.0. The number of aromatic nitrogens is 3. The number of ether oxygens (including phenoxy) is 1. The number of nitrogens with one attached hydrogen (secondary N) is 2. The predicted molar refractivity (Wildman–Crippen MR) is 115 cm³/mol. The molecule has 1 aliphatic carbocycles. The molecule has 0 unspecified atom stereocenters. The van der Waals surface area contributed by atoms with Crippen LogP contribution in [0.15, 0.2) is 48.9 Å². The standard InChI is InChI=1S/C23H25N5O2/c1-30-19-7-4-15(5-8-19)23(29)28-14-17-3-2-10-24-22(17)27-20-9-6-16(11-21(20)28)18-12-25-26-13-18/h2-3,6,9-13,15,19H,4-5,7-8,14H2,1H3,(H,24,27)(H,25,26)/t15-,19-. The van der Waals surface area contributed by atoms with Crippen LogP contribution in [0.2, 0.25) is 0 Å². The summed E-state index contributed by atoms with van der Waals surface area (Å²) in [4.78, 5) is 20.1. The maximum atomic E-state index is 13.7. The molecule has 30 heavy (non-hydrogen) atoms. The number of benzene rings is 1. The first kappa shape index (κ1) is 18.8. The van der Waals surface area contributed by atoms with Crippen molar-refractivity contribution >= 4 is 23.1 Å². The highest BCUT2D eigenvalue weighted by Gasteiger charge is 2.33. The first-order valence-corrected chi connectivity index (χ1v) is 10.4. The number of aromatic amines is 1. The second-order valence-corrected chi connectivity index (χ2v) is 7.99. The molecule has 5 rings (SSSR count). The number of hydrogen-bond acceptors (Lipinski definition) is 5. The van der Waals surface area contributed by atoms with E-state index in [0.717, 1.165) is 59.6 Å². The van der Waals surface area contributed by atoms with E-state index in [0.29, 0.717) is 6.54 Å². The van der Waals surface area contributed by atoms with Crippen LogP contribution in [0.4, 0.5) is 17.2 Å². The van der Waals surface area contributed by atoms with Gasteiger partial charge in [0.1, 0.15) is 5.82 Å². The molecular formula is C23H25N5O2. The van der Waals surface area contributed by atoms with E-state index < -0.39 is 0 Å². The average molecular weight is 403 g/mol. The van der Waals surface area contributed by atoms with E-state index in [1.807, 2.05) is 35.4 Å². The molecule has 2 N–H and O–H groups in total. The van der Waals surface area contributed by atoms with E-state index in [1.165, 1.54) is 0 Å². The van der Waals surface area contributed by atoms with Crippen molar-refractivity contribution in [2.24, 2.45) is 5.92 Å². The van der Waals surface area contributed by atoms with Gasteiger partial charge in [0, 0.05) is 36.5 Å². The fraction of sp³-hybridized carbons (Fsp3) is 0.348. The van der Waals surface area contributed by atoms with E-state index in [1.54, 1.807) is 19.5 Å². The Bertz CT molecular complexity index is 1040. The topological polar surface area (TPSA) is 83.1 Å². The molecule has 7 nitrogen and oxygen atoms in total. The molecule has 2 aliphatic rings. The van der Waals surface area contributed by atoms with Crippen molar-refractivity contribution in [1.29, 1.82) is 0 Å². The van der Waals surface area contributed by atoms with Gasteiger partial charge in [-0.2, -0.15) is 5.10 Å². The highest BCUT2D eigenvalue weighted by molar-refractivity contribution is 6.00. The monoisotopic (exact) mass is 403 g/mol. The van der Waals surface area contributed by atoms with Gasteiger partial charge >= 0.3 is 0 Å². The fourth-order valence-electron chi connectivity index (χ4n) is 4.47. The van der Waals surface area contributed by atoms with Crippen molar-refractivity contribution in [2.75, 3.05) is 17.3 Å². The summed E-state index contributed by atoms with van der Waals surface area (Å²) in [7, 11) is 1.75. The number of carbonyl (C=O) groups excluding carboxylic acids is 1. The van der Waals surface area contributed by atoms with Crippen molar-refractivity contribution in [1.82, 2.24) is 15.2 Å². The van der Waals surface area contributed by atoms with E-state index in [-0.39, 0.29) is 17.9 Å². The van der Waals surface area contributed by atoms with Crippen LogP contribution in [-0.4, -0.2) is 34.3 Å². The molecule has 0 saturated heterocycles. The second-order valence-electron chi connectivity index (χ2n) is 7.99. The van der Waals surface area contributed by atoms with Gasteiger partial charge in [-0.25, -0.2) is 4.98 Å². The van der Waals surface area contributed by atoms with Gasteiger partial charge in [0.05, 0.1) is 30.2 Å². The molecule has 1 aromatic carbocycles. The molecule has 1 amide bonds. The summed E-state index contributed by atoms with van der Waals surface area (Å²) in [5.41, 5.74) is 4.79. The average Bonchev–Trinajstić information content (AvgIpc) is 3.28. The number of rotatable bonds is 3. The lowest BCUT2D eigenvalue weighted by molar-refractivity contribution is -0.124. The number of carbonyl (C=O) groups is 1. The van der Waals surface area contributed by atoms with E-state index >= 15 is 0 Å². The highest BCUT2D eigenvalue weighted by atomic mass is 16.5. The summed E-state index contributed by atoms with van der Waals surface area (Å²) in [5.74, 6) is 0.988. The van der Waals surface area contributed by atoms with Crippen LogP contribution >= 0.6 is 0 Å². The third-order valence-electron chi connectivity index (χ3n) is 6.22. The lowest BCUT2D eigenvalue weighted by atomic mass is 9.86. The minimum absolute atomic E-state index is 0.0139. The van der Waals surface area contributed by atoms with E-state index in [2.05, 4.69) is 26.6 Å².